The molecule has 4 rings (SSSR count). The van der Waals surface area contributed by atoms with E-state index in [0.717, 1.165) is 67.4 Å². The standard InChI is InChI=1S/C25H33N5O3S2/c1-4-30(5-2)20-13-14-21(17(3)15-20)27-25(31)19-11-9-18(10-12-19)16-26-35(32,33)23-8-6-7-22-24(23)29-34-28-22/h6-8,13-15,18-19,26H,4-5,9-12,16H2,1-3H3,(H,27,31). The first-order valence-electron chi connectivity index (χ1n) is 12.2. The van der Waals surface area contributed by atoms with Gasteiger partial charge >= 0.3 is 0 Å². The Kier molecular flexibility index (Phi) is 8.03. The van der Waals surface area contributed by atoms with E-state index in [0.29, 0.717) is 17.6 Å². The van der Waals surface area contributed by atoms with E-state index in [1.807, 2.05) is 13.0 Å². The summed E-state index contributed by atoms with van der Waals surface area (Å²) < 4.78 is 36.7. The molecule has 0 aliphatic heterocycles. The largest absolute Gasteiger partial charge is 0.372 e. The van der Waals surface area contributed by atoms with Gasteiger partial charge in [-0.25, -0.2) is 13.1 Å². The van der Waals surface area contributed by atoms with Gasteiger partial charge in [-0.3, -0.25) is 4.79 Å². The quantitative estimate of drug-likeness (QED) is 0.433. The molecule has 1 amide bonds. The zero-order valence-electron chi connectivity index (χ0n) is 20.5. The first-order valence-corrected chi connectivity index (χ1v) is 14.4. The van der Waals surface area contributed by atoms with Gasteiger partial charge in [0.2, 0.25) is 15.9 Å². The Morgan fingerprint density at radius 3 is 2.51 bits per heavy atom. The molecule has 2 aromatic carbocycles. The first kappa shape index (κ1) is 25.5. The van der Waals surface area contributed by atoms with E-state index in [2.05, 4.69) is 49.7 Å². The number of anilines is 2. The average Bonchev–Trinajstić information content (AvgIpc) is 3.34. The van der Waals surface area contributed by atoms with Crippen LogP contribution >= 0.6 is 11.7 Å². The monoisotopic (exact) mass is 515 g/mol. The highest BCUT2D eigenvalue weighted by molar-refractivity contribution is 7.89. The smallest absolute Gasteiger partial charge is 0.242 e. The third-order valence-electron chi connectivity index (χ3n) is 6.91. The minimum atomic E-state index is -3.67. The molecular weight excluding hydrogens is 482 g/mol. The predicted octanol–water partition coefficient (Wildman–Crippen LogP) is 4.57. The summed E-state index contributed by atoms with van der Waals surface area (Å²) in [5.74, 6) is 0.196. The Morgan fingerprint density at radius 1 is 1.09 bits per heavy atom. The molecule has 0 spiro atoms. The van der Waals surface area contributed by atoms with Gasteiger partial charge in [-0.2, -0.15) is 8.75 Å². The summed E-state index contributed by atoms with van der Waals surface area (Å²) in [6, 6.07) is 11.2. The number of amides is 1. The molecule has 10 heteroatoms. The number of nitrogens with zero attached hydrogens (tertiary/aromatic N) is 3. The molecule has 188 valence electrons. The number of aromatic nitrogens is 2. The summed E-state index contributed by atoms with van der Waals surface area (Å²) in [5, 5.41) is 3.11. The van der Waals surface area contributed by atoms with Crippen molar-refractivity contribution < 1.29 is 13.2 Å². The zero-order chi connectivity index (χ0) is 25.0. The van der Waals surface area contributed by atoms with Crippen LogP contribution in [0.2, 0.25) is 0 Å². The molecule has 1 fully saturated rings. The third kappa shape index (κ3) is 5.82. The van der Waals surface area contributed by atoms with Gasteiger partial charge in [0.15, 0.2) is 0 Å². The highest BCUT2D eigenvalue weighted by Crippen LogP contribution is 2.31. The number of fused-ring (bicyclic) bond motifs is 1. The molecule has 8 nitrogen and oxygen atoms in total. The van der Waals surface area contributed by atoms with E-state index < -0.39 is 10.0 Å². The number of carbonyl (C=O) groups excluding carboxylic acids is 1. The molecule has 3 aromatic rings. The Labute approximate surface area is 211 Å². The van der Waals surface area contributed by atoms with Gasteiger partial charge < -0.3 is 10.2 Å². The Balaban J connectivity index is 1.29. The number of sulfonamides is 1. The molecule has 1 heterocycles. The lowest BCUT2D eigenvalue weighted by atomic mass is 9.81. The predicted molar refractivity (Wildman–Crippen MR) is 141 cm³/mol. The van der Waals surface area contributed by atoms with Crippen LogP contribution in [0.4, 0.5) is 11.4 Å². The Hall–Kier alpha value is -2.56. The number of nitrogens with one attached hydrogen (secondary N) is 2. The summed E-state index contributed by atoms with van der Waals surface area (Å²) in [5.41, 5.74) is 4.06. The van der Waals surface area contributed by atoms with Crippen LogP contribution in [0.1, 0.15) is 45.1 Å². The summed E-state index contributed by atoms with van der Waals surface area (Å²) in [4.78, 5) is 15.4. The van der Waals surface area contributed by atoms with Crippen molar-refractivity contribution in [3.63, 3.8) is 0 Å². The van der Waals surface area contributed by atoms with Crippen molar-refractivity contribution in [2.75, 3.05) is 29.9 Å². The van der Waals surface area contributed by atoms with Gasteiger partial charge in [0.05, 0.1) is 11.7 Å². The van der Waals surface area contributed by atoms with Crippen LogP contribution in [-0.4, -0.2) is 42.7 Å². The summed E-state index contributed by atoms with van der Waals surface area (Å²) >= 11 is 1.01. The first-order chi connectivity index (χ1) is 16.8. The van der Waals surface area contributed by atoms with Crippen LogP contribution in [0, 0.1) is 18.8 Å². The summed E-state index contributed by atoms with van der Waals surface area (Å²) in [6.45, 7) is 8.53. The van der Waals surface area contributed by atoms with Gasteiger partial charge in [-0.05, 0) is 88.3 Å². The van der Waals surface area contributed by atoms with Gasteiger partial charge in [0.25, 0.3) is 0 Å². The maximum Gasteiger partial charge on any atom is 0.242 e. The highest BCUT2D eigenvalue weighted by Gasteiger charge is 2.28. The second kappa shape index (κ2) is 11.0. The summed E-state index contributed by atoms with van der Waals surface area (Å²) in [7, 11) is -3.67. The van der Waals surface area contributed by atoms with Crippen molar-refractivity contribution in [3.8, 4) is 0 Å². The van der Waals surface area contributed by atoms with Crippen LogP contribution in [-0.2, 0) is 14.8 Å². The van der Waals surface area contributed by atoms with Crippen LogP contribution in [0.5, 0.6) is 0 Å². The number of benzene rings is 2. The Morgan fingerprint density at radius 2 is 1.83 bits per heavy atom. The number of rotatable bonds is 9. The van der Waals surface area contributed by atoms with E-state index in [9.17, 15) is 13.2 Å². The fraction of sp³-hybridized carbons (Fsp3) is 0.480. The topological polar surface area (TPSA) is 104 Å². The van der Waals surface area contributed by atoms with Crippen molar-refractivity contribution >= 4 is 50.1 Å². The second-order valence-corrected chi connectivity index (χ2v) is 11.4. The molecule has 0 unspecified atom stereocenters. The molecular formula is C25H33N5O3S2. The van der Waals surface area contributed by atoms with E-state index in [-0.39, 0.29) is 22.6 Å². The highest BCUT2D eigenvalue weighted by atomic mass is 32.2. The lowest BCUT2D eigenvalue weighted by molar-refractivity contribution is -0.121. The van der Waals surface area contributed by atoms with E-state index in [4.69, 9.17) is 0 Å². The molecule has 0 bridgehead atoms. The number of aryl methyl sites for hydroxylation is 1. The molecule has 0 atom stereocenters. The van der Waals surface area contributed by atoms with Crippen LogP contribution < -0.4 is 14.9 Å². The molecule has 35 heavy (non-hydrogen) atoms. The van der Waals surface area contributed by atoms with Crippen LogP contribution in [0.3, 0.4) is 0 Å². The van der Waals surface area contributed by atoms with Crippen molar-refractivity contribution in [1.82, 2.24) is 13.5 Å². The lowest BCUT2D eigenvalue weighted by Crippen LogP contribution is -2.33. The second-order valence-electron chi connectivity index (χ2n) is 9.12. The van der Waals surface area contributed by atoms with Gasteiger partial charge in [0, 0.05) is 36.9 Å². The van der Waals surface area contributed by atoms with E-state index >= 15 is 0 Å². The maximum absolute atomic E-state index is 12.9. The van der Waals surface area contributed by atoms with Crippen molar-refractivity contribution in [2.24, 2.45) is 11.8 Å². The number of hydrogen-bond acceptors (Lipinski definition) is 7. The van der Waals surface area contributed by atoms with Gasteiger partial charge in [-0.1, -0.05) is 6.07 Å². The summed E-state index contributed by atoms with van der Waals surface area (Å²) in [6.07, 6.45) is 3.12. The molecule has 0 saturated heterocycles. The molecule has 1 saturated carbocycles. The number of hydrogen-bond donors (Lipinski definition) is 2. The van der Waals surface area contributed by atoms with Crippen molar-refractivity contribution in [1.29, 1.82) is 0 Å². The van der Waals surface area contributed by atoms with E-state index in [1.54, 1.807) is 18.2 Å². The van der Waals surface area contributed by atoms with Crippen molar-refractivity contribution in [3.05, 3.63) is 42.0 Å². The van der Waals surface area contributed by atoms with Crippen LogP contribution in [0.25, 0.3) is 11.0 Å². The maximum atomic E-state index is 12.9. The molecule has 2 N–H and O–H groups in total. The SMILES string of the molecule is CCN(CC)c1ccc(NC(=O)C2CCC(CNS(=O)(=O)c3cccc4nsnc34)CC2)c(C)c1. The normalized spacial score (nSPS) is 18.5. The minimum Gasteiger partial charge on any atom is -0.372 e. The molecule has 1 aliphatic rings. The lowest BCUT2D eigenvalue weighted by Gasteiger charge is -2.28. The van der Waals surface area contributed by atoms with Gasteiger partial charge in [-0.15, -0.1) is 0 Å². The van der Waals surface area contributed by atoms with Crippen LogP contribution in [0.15, 0.2) is 41.3 Å². The van der Waals surface area contributed by atoms with Crippen molar-refractivity contribution in [2.45, 2.75) is 51.3 Å². The third-order valence-corrected chi connectivity index (χ3v) is 8.91. The fourth-order valence-electron chi connectivity index (χ4n) is 4.74. The average molecular weight is 516 g/mol. The fourth-order valence-corrected chi connectivity index (χ4v) is 6.62. The molecule has 1 aromatic heterocycles. The van der Waals surface area contributed by atoms with Gasteiger partial charge in [0.1, 0.15) is 15.9 Å². The van der Waals surface area contributed by atoms with E-state index in [1.165, 1.54) is 0 Å². The molecule has 0 radical (unpaired) electrons. The number of carbonyl (C=O) groups is 1. The zero-order valence-corrected chi connectivity index (χ0v) is 22.1. The molecule has 1 aliphatic carbocycles. The Bertz CT molecular complexity index is 1280. The minimum absolute atomic E-state index is 0.0467.